The van der Waals surface area contributed by atoms with Crippen LogP contribution in [0.3, 0.4) is 0 Å². The number of hydrogen-bond donors (Lipinski definition) is 0. The van der Waals surface area contributed by atoms with Crippen molar-refractivity contribution in [2.45, 2.75) is 118 Å². The van der Waals surface area contributed by atoms with E-state index in [9.17, 15) is 0 Å². The lowest BCUT2D eigenvalue weighted by Gasteiger charge is -2.58. The van der Waals surface area contributed by atoms with Crippen LogP contribution in [-0.4, -0.2) is 14.4 Å². The van der Waals surface area contributed by atoms with Gasteiger partial charge in [0.25, 0.3) is 0 Å². The molecule has 0 unspecified atom stereocenters. The Morgan fingerprint density at radius 1 is 1.12 bits per heavy atom. The van der Waals surface area contributed by atoms with Gasteiger partial charge in [-0.2, -0.15) is 0 Å². The predicted octanol–water partition coefficient (Wildman–Crippen LogP) is 9.33. The van der Waals surface area contributed by atoms with Crippen molar-refractivity contribution < 1.29 is 4.43 Å². The molecule has 0 radical (unpaired) electrons. The van der Waals surface area contributed by atoms with Crippen LogP contribution in [0.15, 0.2) is 35.5 Å². The van der Waals surface area contributed by atoms with E-state index < -0.39 is 8.32 Å². The van der Waals surface area contributed by atoms with E-state index in [0.717, 1.165) is 23.7 Å². The summed E-state index contributed by atoms with van der Waals surface area (Å²) in [5, 5.41) is 0. The fourth-order valence-corrected chi connectivity index (χ4v) is 9.99. The topological polar surface area (TPSA) is 9.23 Å². The van der Waals surface area contributed by atoms with Crippen molar-refractivity contribution in [3.8, 4) is 0 Å². The molecular formula is C31H52OSi. The van der Waals surface area contributed by atoms with Gasteiger partial charge in [0.2, 0.25) is 0 Å². The van der Waals surface area contributed by atoms with Crippen LogP contribution in [0.1, 0.15) is 92.9 Å². The summed E-state index contributed by atoms with van der Waals surface area (Å²) in [5.41, 5.74) is 4.15. The third-order valence-corrected chi connectivity index (χ3v) is 13.6. The highest BCUT2D eigenvalue weighted by Gasteiger charge is 2.59. The molecule has 3 saturated carbocycles. The van der Waals surface area contributed by atoms with Gasteiger partial charge in [-0.3, -0.25) is 0 Å². The largest absolute Gasteiger partial charge is 0.414 e. The van der Waals surface area contributed by atoms with Crippen molar-refractivity contribution in [2.75, 3.05) is 0 Å². The Morgan fingerprint density at radius 2 is 1.88 bits per heavy atom. The van der Waals surface area contributed by atoms with E-state index in [1.54, 1.807) is 5.57 Å². The van der Waals surface area contributed by atoms with Gasteiger partial charge in [-0.15, -0.1) is 0 Å². The zero-order valence-electron chi connectivity index (χ0n) is 23.0. The van der Waals surface area contributed by atoms with Crippen molar-refractivity contribution in [2.24, 2.45) is 40.4 Å². The molecule has 0 aromatic carbocycles. The second-order valence-electron chi connectivity index (χ2n) is 13.6. The highest BCUT2D eigenvalue weighted by molar-refractivity contribution is 6.71. The molecule has 0 aromatic rings. The standard InChI is InChI=1S/C31H52OSi/c1-9-33(7,8)32-25-17-19-30(5)24(21-25)13-14-26-28-16-15-27(23(4)12-10-11-22(2)3)31(28,6)20-18-29(26)30/h10-13,23,25-29H,9,14-21H2,1-8H3/b12-10+/t23-,25-,26+,27-,28+,29+,30+,31-/m1/s1. The van der Waals surface area contributed by atoms with Crippen LogP contribution in [0, 0.1) is 40.4 Å². The Bertz CT molecular complexity index is 802. The number of fused-ring (bicyclic) bond motifs is 5. The van der Waals surface area contributed by atoms with Gasteiger partial charge in [-0.1, -0.05) is 63.1 Å². The average Bonchev–Trinajstić information content (AvgIpc) is 3.11. The van der Waals surface area contributed by atoms with E-state index in [1.165, 1.54) is 63.0 Å². The summed E-state index contributed by atoms with van der Waals surface area (Å²) >= 11 is 0. The molecule has 0 spiro atoms. The second kappa shape index (κ2) is 9.45. The predicted molar refractivity (Wildman–Crippen MR) is 146 cm³/mol. The summed E-state index contributed by atoms with van der Waals surface area (Å²) in [7, 11) is -1.48. The molecule has 4 aliphatic carbocycles. The lowest BCUT2D eigenvalue weighted by atomic mass is 9.47. The molecule has 0 aromatic heterocycles. The molecule has 0 aliphatic heterocycles. The van der Waals surface area contributed by atoms with Crippen LogP contribution in [0.5, 0.6) is 0 Å². The van der Waals surface area contributed by atoms with E-state index >= 15 is 0 Å². The molecule has 33 heavy (non-hydrogen) atoms. The fourth-order valence-electron chi connectivity index (χ4n) is 8.72. The maximum absolute atomic E-state index is 6.72. The summed E-state index contributed by atoms with van der Waals surface area (Å²) in [5.74, 6) is 4.29. The molecule has 0 amide bonds. The fraction of sp³-hybridized carbons (Fsp3) is 0.806. The summed E-state index contributed by atoms with van der Waals surface area (Å²) < 4.78 is 6.72. The van der Waals surface area contributed by atoms with Crippen molar-refractivity contribution in [1.82, 2.24) is 0 Å². The molecular weight excluding hydrogens is 416 g/mol. The first kappa shape index (κ1) is 25.5. The van der Waals surface area contributed by atoms with E-state index in [0.29, 0.717) is 22.9 Å². The quantitative estimate of drug-likeness (QED) is 0.214. The summed E-state index contributed by atoms with van der Waals surface area (Å²) in [4.78, 5) is 0. The first-order chi connectivity index (χ1) is 15.5. The van der Waals surface area contributed by atoms with Gasteiger partial charge in [-0.05, 0) is 125 Å². The molecule has 4 aliphatic rings. The Morgan fingerprint density at radius 3 is 2.58 bits per heavy atom. The van der Waals surface area contributed by atoms with Gasteiger partial charge in [0.05, 0.1) is 0 Å². The SMILES string of the molecule is CC[Si](C)(C)O[C@@H]1CC[C@@]2(C)C(=CC[C@H]3[C@@H]4CC[C@H]([C@H](C)/C=C/C=C(C)C)[C@@]4(C)CC[C@@H]32)C1. The van der Waals surface area contributed by atoms with Crippen molar-refractivity contribution in [3.63, 3.8) is 0 Å². The summed E-state index contributed by atoms with van der Waals surface area (Å²) in [6.07, 6.45) is 21.3. The van der Waals surface area contributed by atoms with Crippen molar-refractivity contribution in [1.29, 1.82) is 0 Å². The van der Waals surface area contributed by atoms with Crippen molar-refractivity contribution >= 4 is 8.32 Å². The van der Waals surface area contributed by atoms with Crippen LogP contribution >= 0.6 is 0 Å². The first-order valence-electron chi connectivity index (χ1n) is 14.2. The highest BCUT2D eigenvalue weighted by atomic mass is 28.4. The van der Waals surface area contributed by atoms with Gasteiger partial charge in [0.15, 0.2) is 8.32 Å². The molecule has 1 nitrogen and oxygen atoms in total. The minimum absolute atomic E-state index is 0.440. The maximum atomic E-state index is 6.72. The zero-order chi connectivity index (χ0) is 24.0. The smallest absolute Gasteiger partial charge is 0.186 e. The van der Waals surface area contributed by atoms with E-state index in [1.807, 2.05) is 0 Å². The molecule has 0 saturated heterocycles. The highest BCUT2D eigenvalue weighted by Crippen LogP contribution is 2.67. The molecule has 0 heterocycles. The Balaban J connectivity index is 1.50. The molecule has 0 N–H and O–H groups in total. The zero-order valence-corrected chi connectivity index (χ0v) is 24.0. The Labute approximate surface area is 206 Å². The molecule has 2 heteroatoms. The summed E-state index contributed by atoms with van der Waals surface area (Å²) in [6, 6.07) is 1.23. The lowest BCUT2D eigenvalue weighted by molar-refractivity contribution is -0.0530. The van der Waals surface area contributed by atoms with Crippen LogP contribution in [0.4, 0.5) is 0 Å². The third kappa shape index (κ3) is 4.77. The van der Waals surface area contributed by atoms with Gasteiger partial charge in [0, 0.05) is 6.10 Å². The monoisotopic (exact) mass is 468 g/mol. The molecule has 3 fully saturated rings. The Kier molecular flexibility index (Phi) is 7.30. The van der Waals surface area contributed by atoms with E-state index in [-0.39, 0.29) is 0 Å². The van der Waals surface area contributed by atoms with Crippen molar-refractivity contribution in [3.05, 3.63) is 35.5 Å². The minimum Gasteiger partial charge on any atom is -0.414 e. The molecule has 8 atom stereocenters. The maximum Gasteiger partial charge on any atom is 0.186 e. The van der Waals surface area contributed by atoms with E-state index in [4.69, 9.17) is 4.43 Å². The van der Waals surface area contributed by atoms with Gasteiger partial charge in [0.1, 0.15) is 0 Å². The minimum atomic E-state index is -1.48. The first-order valence-corrected chi connectivity index (χ1v) is 17.3. The number of hydrogen-bond acceptors (Lipinski definition) is 1. The van der Waals surface area contributed by atoms with Crippen LogP contribution in [0.25, 0.3) is 0 Å². The summed E-state index contributed by atoms with van der Waals surface area (Å²) in [6.45, 7) is 19.3. The molecule has 186 valence electrons. The number of rotatable bonds is 6. The van der Waals surface area contributed by atoms with Gasteiger partial charge >= 0.3 is 0 Å². The van der Waals surface area contributed by atoms with Crippen LogP contribution in [0.2, 0.25) is 19.1 Å². The number of allylic oxidation sites excluding steroid dienone is 5. The normalized spacial score (nSPS) is 41.7. The lowest BCUT2D eigenvalue weighted by Crippen LogP contribution is -2.51. The third-order valence-electron chi connectivity index (χ3n) is 10.9. The average molecular weight is 469 g/mol. The van der Waals surface area contributed by atoms with Gasteiger partial charge < -0.3 is 4.43 Å². The molecule has 4 rings (SSSR count). The van der Waals surface area contributed by atoms with Gasteiger partial charge in [-0.25, -0.2) is 0 Å². The van der Waals surface area contributed by atoms with E-state index in [2.05, 4.69) is 78.9 Å². The van der Waals surface area contributed by atoms with Crippen LogP contribution < -0.4 is 0 Å². The Hall–Kier alpha value is -0.603. The molecule has 0 bridgehead atoms. The second-order valence-corrected chi connectivity index (χ2v) is 18.0. The van der Waals surface area contributed by atoms with Crippen LogP contribution in [-0.2, 0) is 4.43 Å².